The molecule has 0 bridgehead atoms. The lowest BCUT2D eigenvalue weighted by Crippen LogP contribution is -2.43. The molecule has 3 N–H and O–H groups in total. The minimum atomic E-state index is -0.425. The van der Waals surface area contributed by atoms with Crippen molar-refractivity contribution in [1.29, 1.82) is 0 Å². The molecule has 1 heterocycles. The number of nitrogen functional groups attached to an aromatic ring is 1. The smallest absolute Gasteiger partial charge is 0.252 e. The number of hydrogen-bond donors (Lipinski definition) is 2. The third kappa shape index (κ3) is 2.76. The summed E-state index contributed by atoms with van der Waals surface area (Å²) in [5.74, 6) is -0.242. The lowest BCUT2D eigenvalue weighted by molar-refractivity contribution is -0.130. The molecule has 0 radical (unpaired) electrons. The molecule has 2 rings (SSSR count). The highest BCUT2D eigenvalue weighted by Crippen LogP contribution is 2.17. The Hall–Kier alpha value is -2.04. The lowest BCUT2D eigenvalue weighted by atomic mass is 10.1. The van der Waals surface area contributed by atoms with E-state index in [0.717, 1.165) is 5.56 Å². The van der Waals surface area contributed by atoms with Gasteiger partial charge in [0.25, 0.3) is 5.91 Å². The minimum absolute atomic E-state index is 0.00472. The Balaban J connectivity index is 2.09. The fourth-order valence-electron chi connectivity index (χ4n) is 2.47. The van der Waals surface area contributed by atoms with Gasteiger partial charge >= 0.3 is 0 Å². The van der Waals surface area contributed by atoms with Gasteiger partial charge in [0, 0.05) is 23.8 Å². The van der Waals surface area contributed by atoms with E-state index in [9.17, 15) is 9.59 Å². The second kappa shape index (κ2) is 5.53. The molecule has 108 valence electrons. The van der Waals surface area contributed by atoms with Gasteiger partial charge < -0.3 is 16.0 Å². The van der Waals surface area contributed by atoms with Crippen molar-refractivity contribution in [2.75, 3.05) is 12.3 Å². The molecule has 20 heavy (non-hydrogen) atoms. The second-order valence-electron chi connectivity index (χ2n) is 5.51. The van der Waals surface area contributed by atoms with E-state index in [1.54, 1.807) is 23.1 Å². The summed E-state index contributed by atoms with van der Waals surface area (Å²) in [6, 6.07) is 4.95. The highest BCUT2D eigenvalue weighted by atomic mass is 16.2. The molecule has 1 saturated heterocycles. The number of aryl methyl sites for hydroxylation is 1. The maximum absolute atomic E-state index is 12.3. The van der Waals surface area contributed by atoms with E-state index in [4.69, 9.17) is 5.73 Å². The van der Waals surface area contributed by atoms with Gasteiger partial charge in [-0.25, -0.2) is 0 Å². The molecule has 5 heteroatoms. The summed E-state index contributed by atoms with van der Waals surface area (Å²) in [5.41, 5.74) is 7.63. The minimum Gasteiger partial charge on any atom is -0.399 e. The second-order valence-corrected chi connectivity index (χ2v) is 5.51. The van der Waals surface area contributed by atoms with E-state index in [-0.39, 0.29) is 17.9 Å². The van der Waals surface area contributed by atoms with Gasteiger partial charge in [-0.3, -0.25) is 9.59 Å². The summed E-state index contributed by atoms with van der Waals surface area (Å²) < 4.78 is 0. The highest BCUT2D eigenvalue weighted by Gasteiger charge is 2.34. The molecule has 2 amide bonds. The zero-order valence-electron chi connectivity index (χ0n) is 12.1. The van der Waals surface area contributed by atoms with Gasteiger partial charge in [-0.15, -0.1) is 0 Å². The average molecular weight is 275 g/mol. The third-order valence-corrected chi connectivity index (χ3v) is 3.67. The number of nitrogens with zero attached hydrogens (tertiary/aromatic N) is 1. The maximum Gasteiger partial charge on any atom is 0.252 e. The molecule has 1 fully saturated rings. The number of hydrogen-bond acceptors (Lipinski definition) is 3. The zero-order valence-corrected chi connectivity index (χ0v) is 12.1. The zero-order chi connectivity index (χ0) is 14.9. The number of rotatable bonds is 3. The quantitative estimate of drug-likeness (QED) is 0.817. The number of amides is 2. The summed E-state index contributed by atoms with van der Waals surface area (Å²) in [6.45, 7) is 6.50. The van der Waals surface area contributed by atoms with E-state index in [1.807, 2.05) is 20.8 Å². The summed E-state index contributed by atoms with van der Waals surface area (Å²) in [7, 11) is 0. The van der Waals surface area contributed by atoms with E-state index in [2.05, 4.69) is 5.32 Å². The molecular formula is C15H21N3O2. The van der Waals surface area contributed by atoms with Gasteiger partial charge in [0.2, 0.25) is 5.91 Å². The van der Waals surface area contributed by atoms with Crippen molar-refractivity contribution in [3.05, 3.63) is 29.3 Å². The van der Waals surface area contributed by atoms with Crippen molar-refractivity contribution in [2.45, 2.75) is 39.3 Å². The first-order valence-electron chi connectivity index (χ1n) is 6.87. The van der Waals surface area contributed by atoms with Gasteiger partial charge in [0.15, 0.2) is 0 Å². The summed E-state index contributed by atoms with van der Waals surface area (Å²) in [4.78, 5) is 26.2. The van der Waals surface area contributed by atoms with Crippen LogP contribution in [-0.4, -0.2) is 35.3 Å². The van der Waals surface area contributed by atoms with Gasteiger partial charge in [-0.1, -0.05) is 6.07 Å². The van der Waals surface area contributed by atoms with Crippen molar-refractivity contribution in [3.8, 4) is 0 Å². The monoisotopic (exact) mass is 275 g/mol. The van der Waals surface area contributed by atoms with Crippen LogP contribution in [-0.2, 0) is 4.79 Å². The van der Waals surface area contributed by atoms with Crippen LogP contribution in [0.4, 0.5) is 5.69 Å². The van der Waals surface area contributed by atoms with Crippen LogP contribution in [0.25, 0.3) is 0 Å². The van der Waals surface area contributed by atoms with Crippen LogP contribution in [0.5, 0.6) is 0 Å². The predicted molar refractivity (Wildman–Crippen MR) is 78.3 cm³/mol. The summed E-state index contributed by atoms with van der Waals surface area (Å²) >= 11 is 0. The molecular weight excluding hydrogens is 254 g/mol. The molecule has 0 aliphatic carbocycles. The Morgan fingerprint density at radius 3 is 2.75 bits per heavy atom. The van der Waals surface area contributed by atoms with Gasteiger partial charge in [-0.05, 0) is 44.9 Å². The molecule has 0 aromatic heterocycles. The first-order valence-corrected chi connectivity index (χ1v) is 6.87. The standard InChI is InChI=1S/C15H21N3O2/c1-9(2)18-7-6-13(15(18)20)17-14(19)12-8-11(16)5-4-10(12)3/h4-5,8-9,13H,6-7,16H2,1-3H3,(H,17,19). The molecule has 1 aromatic rings. The van der Waals surface area contributed by atoms with E-state index in [1.165, 1.54) is 0 Å². The van der Waals surface area contributed by atoms with E-state index < -0.39 is 6.04 Å². The molecule has 1 aliphatic heterocycles. The van der Waals surface area contributed by atoms with Gasteiger partial charge in [0.1, 0.15) is 6.04 Å². The predicted octanol–water partition coefficient (Wildman–Crippen LogP) is 1.32. The van der Waals surface area contributed by atoms with Crippen molar-refractivity contribution in [3.63, 3.8) is 0 Å². The van der Waals surface area contributed by atoms with Crippen LogP contribution in [0.15, 0.2) is 18.2 Å². The Kier molecular flexibility index (Phi) is 3.97. The van der Waals surface area contributed by atoms with E-state index in [0.29, 0.717) is 24.2 Å². The Morgan fingerprint density at radius 1 is 1.45 bits per heavy atom. The number of anilines is 1. The average Bonchev–Trinajstić information content (AvgIpc) is 2.74. The number of nitrogens with two attached hydrogens (primary N) is 1. The van der Waals surface area contributed by atoms with Gasteiger partial charge in [0.05, 0.1) is 0 Å². The largest absolute Gasteiger partial charge is 0.399 e. The summed E-state index contributed by atoms with van der Waals surface area (Å²) in [6.07, 6.45) is 0.657. The SMILES string of the molecule is Cc1ccc(N)cc1C(=O)NC1CCN(C(C)C)C1=O. The number of likely N-dealkylation sites (tertiary alicyclic amines) is 1. The van der Waals surface area contributed by atoms with Crippen LogP contribution < -0.4 is 11.1 Å². The first kappa shape index (κ1) is 14.4. The number of nitrogens with one attached hydrogen (secondary N) is 1. The topological polar surface area (TPSA) is 75.4 Å². The van der Waals surface area contributed by atoms with Crippen LogP contribution in [0.1, 0.15) is 36.2 Å². The van der Waals surface area contributed by atoms with Crippen LogP contribution in [0, 0.1) is 6.92 Å². The van der Waals surface area contributed by atoms with Crippen molar-refractivity contribution in [2.24, 2.45) is 0 Å². The molecule has 0 spiro atoms. The third-order valence-electron chi connectivity index (χ3n) is 3.67. The van der Waals surface area contributed by atoms with Gasteiger partial charge in [-0.2, -0.15) is 0 Å². The molecule has 0 saturated carbocycles. The fourth-order valence-corrected chi connectivity index (χ4v) is 2.47. The highest BCUT2D eigenvalue weighted by molar-refractivity contribution is 5.99. The van der Waals surface area contributed by atoms with Crippen LogP contribution in [0.3, 0.4) is 0 Å². The van der Waals surface area contributed by atoms with Crippen LogP contribution in [0.2, 0.25) is 0 Å². The molecule has 1 aliphatic rings. The Labute approximate surface area is 119 Å². The number of benzene rings is 1. The Morgan fingerprint density at radius 2 is 2.15 bits per heavy atom. The molecule has 1 atom stereocenters. The van der Waals surface area contributed by atoms with Crippen molar-refractivity contribution in [1.82, 2.24) is 10.2 Å². The number of carbonyl (C=O) groups is 2. The first-order chi connectivity index (χ1) is 9.40. The lowest BCUT2D eigenvalue weighted by Gasteiger charge is -2.21. The molecule has 5 nitrogen and oxygen atoms in total. The maximum atomic E-state index is 12.3. The Bertz CT molecular complexity index is 540. The fraction of sp³-hybridized carbons (Fsp3) is 0.467. The molecule has 1 unspecified atom stereocenters. The van der Waals surface area contributed by atoms with Crippen molar-refractivity contribution >= 4 is 17.5 Å². The normalized spacial score (nSPS) is 18.7. The van der Waals surface area contributed by atoms with Crippen LogP contribution >= 0.6 is 0 Å². The van der Waals surface area contributed by atoms with E-state index >= 15 is 0 Å². The molecule has 1 aromatic carbocycles. The van der Waals surface area contributed by atoms with Crippen molar-refractivity contribution < 1.29 is 9.59 Å². The number of carbonyl (C=O) groups excluding carboxylic acids is 2. The summed E-state index contributed by atoms with van der Waals surface area (Å²) in [5, 5.41) is 2.81.